The molecular formula is C13H14OS. The van der Waals surface area contributed by atoms with E-state index in [1.807, 2.05) is 12.1 Å². The van der Waals surface area contributed by atoms with Crippen LogP contribution in [0.25, 0.3) is 0 Å². The van der Waals surface area contributed by atoms with Crippen LogP contribution in [0.15, 0.2) is 60.7 Å². The fourth-order valence-electron chi connectivity index (χ4n) is 1.48. The Hall–Kier alpha value is -1.25. The molecule has 2 aromatic rings. The minimum Gasteiger partial charge on any atom is -0.870 e. The molecular weight excluding hydrogens is 204 g/mol. The van der Waals surface area contributed by atoms with Crippen molar-refractivity contribution < 1.29 is 5.48 Å². The minimum absolute atomic E-state index is 0. The highest BCUT2D eigenvalue weighted by atomic mass is 32.1. The van der Waals surface area contributed by atoms with Gasteiger partial charge in [-0.05, 0) is 12.6 Å². The van der Waals surface area contributed by atoms with Gasteiger partial charge in [-0.2, -0.15) is 0 Å². The van der Waals surface area contributed by atoms with Gasteiger partial charge in [-0.15, -0.1) is 0 Å². The molecule has 0 bridgehead atoms. The third-order valence-electron chi connectivity index (χ3n) is 2.27. The first-order valence-electron chi connectivity index (χ1n) is 4.69. The Morgan fingerprint density at radius 3 is 1.33 bits per heavy atom. The Morgan fingerprint density at radius 1 is 0.667 bits per heavy atom. The SMILES string of the molecule is [OH-].[SH2+]C(c1ccccc1)c1ccccc1. The lowest BCUT2D eigenvalue weighted by Gasteiger charge is -2.05. The van der Waals surface area contributed by atoms with Crippen molar-refractivity contribution in [1.29, 1.82) is 0 Å². The largest absolute Gasteiger partial charge is 0.870 e. The molecule has 0 radical (unpaired) electrons. The van der Waals surface area contributed by atoms with Crippen LogP contribution in [0.4, 0.5) is 0 Å². The van der Waals surface area contributed by atoms with Gasteiger partial charge in [0.1, 0.15) is 0 Å². The van der Waals surface area contributed by atoms with Gasteiger partial charge in [0.05, 0.1) is 0 Å². The zero-order valence-electron chi connectivity index (χ0n) is 8.30. The molecule has 78 valence electrons. The van der Waals surface area contributed by atoms with Gasteiger partial charge in [0, 0.05) is 11.1 Å². The zero-order chi connectivity index (χ0) is 9.80. The average Bonchev–Trinajstić information content (AvgIpc) is 2.30. The van der Waals surface area contributed by atoms with Crippen molar-refractivity contribution in [2.75, 3.05) is 0 Å². The van der Waals surface area contributed by atoms with Crippen LogP contribution in [-0.2, 0) is 12.6 Å². The summed E-state index contributed by atoms with van der Waals surface area (Å²) in [7, 11) is 0. The Balaban J connectivity index is 0.00000112. The zero-order valence-corrected chi connectivity index (χ0v) is 9.30. The summed E-state index contributed by atoms with van der Waals surface area (Å²) in [6.45, 7) is 0. The highest BCUT2D eigenvalue weighted by Gasteiger charge is 2.12. The maximum atomic E-state index is 3.75. The summed E-state index contributed by atoms with van der Waals surface area (Å²) < 4.78 is 0. The van der Waals surface area contributed by atoms with Gasteiger partial charge >= 0.3 is 0 Å². The van der Waals surface area contributed by atoms with Crippen molar-refractivity contribution >= 4 is 12.6 Å². The van der Waals surface area contributed by atoms with E-state index in [2.05, 4.69) is 61.2 Å². The second kappa shape index (κ2) is 5.59. The fraction of sp³-hybridized carbons (Fsp3) is 0.0769. The van der Waals surface area contributed by atoms with Crippen molar-refractivity contribution in [3.8, 4) is 0 Å². The van der Waals surface area contributed by atoms with E-state index in [1.165, 1.54) is 11.1 Å². The first-order valence-corrected chi connectivity index (χ1v) is 5.26. The molecule has 1 nitrogen and oxygen atoms in total. The van der Waals surface area contributed by atoms with Gasteiger partial charge in [0.2, 0.25) is 0 Å². The van der Waals surface area contributed by atoms with Gasteiger partial charge < -0.3 is 5.48 Å². The standard InChI is InChI=1S/C13H12S.H2O/c14-13(11-7-3-1-4-8-11)12-9-5-2-6-10-12;/h1-10,13-14H;1H2. The van der Waals surface area contributed by atoms with E-state index >= 15 is 0 Å². The molecule has 0 saturated carbocycles. The fourth-order valence-corrected chi connectivity index (χ4v) is 1.87. The molecule has 2 aromatic carbocycles. The van der Waals surface area contributed by atoms with Crippen molar-refractivity contribution in [2.45, 2.75) is 5.25 Å². The Morgan fingerprint density at radius 2 is 1.00 bits per heavy atom. The lowest BCUT2D eigenvalue weighted by molar-refractivity contribution is 0.824. The van der Waals surface area contributed by atoms with E-state index in [4.69, 9.17) is 0 Å². The van der Waals surface area contributed by atoms with Crippen LogP contribution >= 0.6 is 0 Å². The van der Waals surface area contributed by atoms with Crippen LogP contribution in [0.2, 0.25) is 0 Å². The first kappa shape index (κ1) is 11.8. The number of hydrogen-bond donors (Lipinski definition) is 0. The molecule has 0 atom stereocenters. The highest BCUT2D eigenvalue weighted by Crippen LogP contribution is 2.21. The molecule has 0 saturated heterocycles. The Kier molecular flexibility index (Phi) is 4.40. The molecule has 0 aromatic heterocycles. The predicted molar refractivity (Wildman–Crippen MR) is 66.8 cm³/mol. The molecule has 0 fully saturated rings. The summed E-state index contributed by atoms with van der Waals surface area (Å²) in [6, 6.07) is 20.8. The van der Waals surface area contributed by atoms with Crippen LogP contribution in [0.3, 0.4) is 0 Å². The molecule has 0 aliphatic heterocycles. The predicted octanol–water partition coefficient (Wildman–Crippen LogP) is 2.61. The third-order valence-corrected chi connectivity index (χ3v) is 2.93. The maximum Gasteiger partial charge on any atom is 0.163 e. The second-order valence-electron chi connectivity index (χ2n) is 3.25. The topological polar surface area (TPSA) is 30.0 Å². The van der Waals surface area contributed by atoms with Crippen molar-refractivity contribution in [3.05, 3.63) is 71.8 Å². The molecule has 0 heterocycles. The van der Waals surface area contributed by atoms with Gasteiger partial charge in [0.25, 0.3) is 0 Å². The van der Waals surface area contributed by atoms with E-state index < -0.39 is 0 Å². The lowest BCUT2D eigenvalue weighted by Crippen LogP contribution is -1.95. The van der Waals surface area contributed by atoms with Crippen LogP contribution < -0.4 is 0 Å². The van der Waals surface area contributed by atoms with E-state index in [1.54, 1.807) is 0 Å². The summed E-state index contributed by atoms with van der Waals surface area (Å²) in [6.07, 6.45) is 0. The minimum atomic E-state index is 0. The Bertz CT molecular complexity index is 346. The summed E-state index contributed by atoms with van der Waals surface area (Å²) in [4.78, 5) is 0. The van der Waals surface area contributed by atoms with Crippen LogP contribution in [-0.4, -0.2) is 5.48 Å². The summed E-state index contributed by atoms with van der Waals surface area (Å²) in [5, 5.41) is 0.289. The molecule has 2 heteroatoms. The van der Waals surface area contributed by atoms with Crippen LogP contribution in [0.1, 0.15) is 16.4 Å². The highest BCUT2D eigenvalue weighted by molar-refractivity contribution is 7.59. The smallest absolute Gasteiger partial charge is 0.163 e. The van der Waals surface area contributed by atoms with Gasteiger partial charge in [-0.1, -0.05) is 60.7 Å². The number of hydrogen-bond acceptors (Lipinski definition) is 1. The van der Waals surface area contributed by atoms with Crippen molar-refractivity contribution in [3.63, 3.8) is 0 Å². The summed E-state index contributed by atoms with van der Waals surface area (Å²) in [5.41, 5.74) is 2.57. The lowest BCUT2D eigenvalue weighted by atomic mass is 10.0. The van der Waals surface area contributed by atoms with E-state index in [0.717, 1.165) is 0 Å². The van der Waals surface area contributed by atoms with Crippen molar-refractivity contribution in [2.24, 2.45) is 0 Å². The number of rotatable bonds is 2. The number of benzene rings is 2. The molecule has 0 aliphatic rings. The van der Waals surface area contributed by atoms with Crippen molar-refractivity contribution in [1.82, 2.24) is 0 Å². The molecule has 0 spiro atoms. The molecule has 2 rings (SSSR count). The van der Waals surface area contributed by atoms with Crippen LogP contribution in [0, 0.1) is 0 Å². The molecule has 1 N–H and O–H groups in total. The summed E-state index contributed by atoms with van der Waals surface area (Å²) in [5.74, 6) is 0. The molecule has 0 amide bonds. The first-order chi connectivity index (χ1) is 6.88. The van der Waals surface area contributed by atoms with E-state index in [-0.39, 0.29) is 10.7 Å². The van der Waals surface area contributed by atoms with Gasteiger partial charge in [-0.25, -0.2) is 0 Å². The monoisotopic (exact) mass is 218 g/mol. The molecule has 0 unspecified atom stereocenters. The maximum absolute atomic E-state index is 3.75. The molecule has 0 aliphatic carbocycles. The Labute approximate surface area is 95.5 Å². The average molecular weight is 218 g/mol. The second-order valence-corrected chi connectivity index (χ2v) is 3.83. The van der Waals surface area contributed by atoms with Gasteiger partial charge in [-0.3, -0.25) is 0 Å². The van der Waals surface area contributed by atoms with E-state index in [9.17, 15) is 0 Å². The quantitative estimate of drug-likeness (QED) is 0.713. The van der Waals surface area contributed by atoms with E-state index in [0.29, 0.717) is 0 Å². The van der Waals surface area contributed by atoms with Gasteiger partial charge in [0.15, 0.2) is 5.25 Å². The summed E-state index contributed by atoms with van der Waals surface area (Å²) >= 11 is 3.75. The molecule has 15 heavy (non-hydrogen) atoms. The normalized spacial score (nSPS) is 9.73. The third kappa shape index (κ3) is 2.85. The van der Waals surface area contributed by atoms with Crippen LogP contribution in [0.5, 0.6) is 0 Å².